The molecule has 0 bridgehead atoms. The molecule has 4 N–H and O–H groups in total. The van der Waals surface area contributed by atoms with E-state index in [0.29, 0.717) is 17.0 Å². The van der Waals surface area contributed by atoms with Crippen LogP contribution < -0.4 is 20.1 Å². The molecule has 0 spiro atoms. The van der Waals surface area contributed by atoms with Crippen LogP contribution in [-0.2, 0) is 11.2 Å². The third-order valence-corrected chi connectivity index (χ3v) is 5.07. The van der Waals surface area contributed by atoms with Crippen molar-refractivity contribution < 1.29 is 24.5 Å². The number of nitrogens with one attached hydrogen (secondary N) is 2. The number of hydrogen-bond donors (Lipinski definition) is 4. The molecule has 0 radical (unpaired) electrons. The zero-order valence-corrected chi connectivity index (χ0v) is 18.2. The van der Waals surface area contributed by atoms with Crippen molar-refractivity contribution in [2.45, 2.75) is 38.3 Å². The van der Waals surface area contributed by atoms with Gasteiger partial charge in [-0.25, -0.2) is 0 Å². The van der Waals surface area contributed by atoms with Crippen molar-refractivity contribution in [3.63, 3.8) is 0 Å². The highest BCUT2D eigenvalue weighted by molar-refractivity contribution is 5.96. The second-order valence-electron chi connectivity index (χ2n) is 7.84. The van der Waals surface area contributed by atoms with Crippen molar-refractivity contribution in [2.75, 3.05) is 25.6 Å². The van der Waals surface area contributed by atoms with E-state index in [1.54, 1.807) is 7.11 Å². The van der Waals surface area contributed by atoms with Gasteiger partial charge in [-0.1, -0.05) is 18.2 Å². The number of para-hydroxylation sites is 1. The predicted molar refractivity (Wildman–Crippen MR) is 118 cm³/mol. The number of anilines is 1. The number of aliphatic hydroxyl groups is 1. The van der Waals surface area contributed by atoms with E-state index in [1.165, 1.54) is 12.1 Å². The lowest BCUT2D eigenvalue weighted by atomic mass is 9.94. The number of carbonyl (C=O) groups is 1. The fourth-order valence-corrected chi connectivity index (χ4v) is 3.39. The molecule has 0 aromatic heterocycles. The lowest BCUT2D eigenvalue weighted by molar-refractivity contribution is -0.118. The molecule has 7 nitrogen and oxygen atoms in total. The van der Waals surface area contributed by atoms with Gasteiger partial charge in [-0.15, -0.1) is 12.4 Å². The summed E-state index contributed by atoms with van der Waals surface area (Å²) < 4.78 is 10.9. The molecule has 164 valence electrons. The maximum absolute atomic E-state index is 11.5. The Kier molecular flexibility index (Phi) is 7.95. The van der Waals surface area contributed by atoms with Gasteiger partial charge in [-0.2, -0.15) is 0 Å². The van der Waals surface area contributed by atoms with Gasteiger partial charge >= 0.3 is 0 Å². The molecule has 0 fully saturated rings. The first-order valence-electron chi connectivity index (χ1n) is 9.63. The average molecular weight is 437 g/mol. The Hall–Kier alpha value is -2.48. The van der Waals surface area contributed by atoms with Crippen molar-refractivity contribution in [1.82, 2.24) is 5.32 Å². The summed E-state index contributed by atoms with van der Waals surface area (Å²) in [4.78, 5) is 11.5. The second-order valence-corrected chi connectivity index (χ2v) is 7.84. The predicted octanol–water partition coefficient (Wildman–Crippen LogP) is 3.19. The third-order valence-electron chi connectivity index (χ3n) is 5.07. The number of phenols is 1. The molecule has 0 saturated heterocycles. The Bertz CT molecular complexity index is 888. The number of benzene rings is 2. The monoisotopic (exact) mass is 436 g/mol. The molecular weight excluding hydrogens is 408 g/mol. The Morgan fingerprint density at radius 3 is 2.77 bits per heavy atom. The number of halogens is 1. The second kappa shape index (κ2) is 10.0. The molecule has 1 unspecified atom stereocenters. The van der Waals surface area contributed by atoms with Crippen LogP contribution in [0.1, 0.15) is 37.5 Å². The summed E-state index contributed by atoms with van der Waals surface area (Å²) in [6, 6.07) is 10.8. The summed E-state index contributed by atoms with van der Waals surface area (Å²) >= 11 is 0. The number of methoxy groups -OCH3 is 1. The van der Waals surface area contributed by atoms with Gasteiger partial charge < -0.3 is 30.3 Å². The van der Waals surface area contributed by atoms with Gasteiger partial charge in [0, 0.05) is 23.7 Å². The molecule has 1 heterocycles. The summed E-state index contributed by atoms with van der Waals surface area (Å²) in [7, 11) is 1.67. The summed E-state index contributed by atoms with van der Waals surface area (Å²) in [5.74, 6) is 0.926. The standard InChI is InChI=1S/C22H28N2O5.ClH/c1-22(2,9-8-14-6-4-5-7-19(14)28-3)23-12-18(26)16-10-15(25)11-17-21(16)29-13-20(27)24-17;/h4-7,10-11,18,23,25-26H,8-9,12-13H2,1-3H3,(H,24,27);1H. The van der Waals surface area contributed by atoms with Crippen LogP contribution in [0.25, 0.3) is 0 Å². The van der Waals surface area contributed by atoms with Gasteiger partial charge in [0.15, 0.2) is 6.61 Å². The molecule has 1 amide bonds. The van der Waals surface area contributed by atoms with Gasteiger partial charge in [0.2, 0.25) is 0 Å². The highest BCUT2D eigenvalue weighted by atomic mass is 35.5. The van der Waals surface area contributed by atoms with Crippen LogP contribution in [0, 0.1) is 0 Å². The third kappa shape index (κ3) is 5.78. The van der Waals surface area contributed by atoms with Crippen LogP contribution in [0.15, 0.2) is 36.4 Å². The Morgan fingerprint density at radius 1 is 1.30 bits per heavy atom. The quantitative estimate of drug-likeness (QED) is 0.507. The summed E-state index contributed by atoms with van der Waals surface area (Å²) in [6.45, 7) is 4.30. The molecule has 1 aliphatic rings. The Morgan fingerprint density at radius 2 is 2.03 bits per heavy atom. The fourth-order valence-electron chi connectivity index (χ4n) is 3.39. The number of hydrogen-bond acceptors (Lipinski definition) is 6. The van der Waals surface area contributed by atoms with Crippen molar-refractivity contribution in [3.8, 4) is 17.2 Å². The van der Waals surface area contributed by atoms with Crippen LogP contribution in [0.5, 0.6) is 17.2 Å². The van der Waals surface area contributed by atoms with Crippen molar-refractivity contribution in [1.29, 1.82) is 0 Å². The first-order chi connectivity index (χ1) is 13.8. The highest BCUT2D eigenvalue weighted by Crippen LogP contribution is 2.38. The molecule has 1 aliphatic heterocycles. The van der Waals surface area contributed by atoms with E-state index >= 15 is 0 Å². The molecule has 30 heavy (non-hydrogen) atoms. The largest absolute Gasteiger partial charge is 0.508 e. The number of ether oxygens (including phenoxy) is 2. The summed E-state index contributed by atoms with van der Waals surface area (Å²) in [5, 5.41) is 26.7. The molecule has 2 aromatic carbocycles. The van der Waals surface area contributed by atoms with Gasteiger partial charge in [0.1, 0.15) is 17.2 Å². The van der Waals surface area contributed by atoms with Crippen molar-refractivity contribution in [3.05, 3.63) is 47.5 Å². The number of amides is 1. The first-order valence-corrected chi connectivity index (χ1v) is 9.63. The molecule has 0 aliphatic carbocycles. The Labute approximate surface area is 182 Å². The number of rotatable bonds is 8. The molecule has 1 atom stereocenters. The van der Waals surface area contributed by atoms with E-state index in [2.05, 4.69) is 30.5 Å². The minimum atomic E-state index is -0.906. The highest BCUT2D eigenvalue weighted by Gasteiger charge is 2.26. The SMILES string of the molecule is COc1ccccc1CCC(C)(C)NCC(O)c1cc(O)cc2c1OCC(=O)N2.Cl. The smallest absolute Gasteiger partial charge is 0.262 e. The lowest BCUT2D eigenvalue weighted by Gasteiger charge is -2.29. The van der Waals surface area contributed by atoms with Gasteiger partial charge in [0.05, 0.1) is 18.9 Å². The van der Waals surface area contributed by atoms with Crippen LogP contribution in [0.4, 0.5) is 5.69 Å². The number of β-amino-alcohol motifs (C(OH)–C–C–N with tert-alkyl or cyclic N) is 1. The van der Waals surface area contributed by atoms with E-state index in [9.17, 15) is 15.0 Å². The maximum atomic E-state index is 11.5. The maximum Gasteiger partial charge on any atom is 0.262 e. The van der Waals surface area contributed by atoms with Gasteiger partial charge in [-0.05, 0) is 44.4 Å². The van der Waals surface area contributed by atoms with E-state index in [-0.39, 0.29) is 42.8 Å². The first kappa shape index (κ1) is 23.8. The van der Waals surface area contributed by atoms with Crippen LogP contribution >= 0.6 is 12.4 Å². The normalized spacial score (nSPS) is 14.1. The van der Waals surface area contributed by atoms with Crippen molar-refractivity contribution >= 4 is 24.0 Å². The zero-order valence-electron chi connectivity index (χ0n) is 17.4. The fraction of sp³-hybridized carbons (Fsp3) is 0.409. The molecular formula is C22H29ClN2O5. The van der Waals surface area contributed by atoms with Crippen LogP contribution in [0.2, 0.25) is 0 Å². The van der Waals surface area contributed by atoms with E-state index in [1.807, 2.05) is 18.2 Å². The number of aliphatic hydroxyl groups excluding tert-OH is 1. The summed E-state index contributed by atoms with van der Waals surface area (Å²) in [5.41, 5.74) is 1.70. The zero-order chi connectivity index (χ0) is 21.0. The number of carbonyl (C=O) groups excluding carboxylic acids is 1. The molecule has 2 aromatic rings. The van der Waals surface area contributed by atoms with Crippen LogP contribution in [0.3, 0.4) is 0 Å². The number of aromatic hydroxyl groups is 1. The Balaban J connectivity index is 0.00000320. The molecule has 3 rings (SSSR count). The van der Waals surface area contributed by atoms with Gasteiger partial charge in [0.25, 0.3) is 5.91 Å². The van der Waals surface area contributed by atoms with E-state index in [0.717, 1.165) is 24.2 Å². The van der Waals surface area contributed by atoms with E-state index < -0.39 is 6.10 Å². The van der Waals surface area contributed by atoms with Gasteiger partial charge in [-0.3, -0.25) is 4.79 Å². The topological polar surface area (TPSA) is 100 Å². The summed E-state index contributed by atoms with van der Waals surface area (Å²) in [6.07, 6.45) is 0.762. The minimum absolute atomic E-state index is 0. The minimum Gasteiger partial charge on any atom is -0.508 e. The average Bonchev–Trinajstić information content (AvgIpc) is 2.70. The molecule has 8 heteroatoms. The lowest BCUT2D eigenvalue weighted by Crippen LogP contribution is -2.42. The molecule has 0 saturated carbocycles. The van der Waals surface area contributed by atoms with Crippen molar-refractivity contribution in [2.24, 2.45) is 0 Å². The number of aryl methyl sites for hydroxylation is 1. The number of phenolic OH excluding ortho intramolecular Hbond substituents is 1. The van der Waals surface area contributed by atoms with Crippen LogP contribution in [-0.4, -0.2) is 41.9 Å². The van der Waals surface area contributed by atoms with E-state index in [4.69, 9.17) is 9.47 Å². The number of fused-ring (bicyclic) bond motifs is 1.